The summed E-state index contributed by atoms with van der Waals surface area (Å²) >= 11 is 0. The standard InChI is InChI=1S/C12H24O/c1-5-11(6-2)12-7-9(3)13-10(4)8-12/h9-12H,5-8H2,1-4H3. The van der Waals surface area contributed by atoms with E-state index in [0.29, 0.717) is 12.2 Å². The molecular formula is C12H24O. The van der Waals surface area contributed by atoms with Gasteiger partial charge < -0.3 is 4.74 Å². The Morgan fingerprint density at radius 1 is 1.08 bits per heavy atom. The van der Waals surface area contributed by atoms with Gasteiger partial charge in [-0.2, -0.15) is 0 Å². The lowest BCUT2D eigenvalue weighted by Crippen LogP contribution is -2.32. The SMILES string of the molecule is CCC(CC)C1CC(C)OC(C)C1. The zero-order chi connectivity index (χ0) is 9.84. The van der Waals surface area contributed by atoms with Crippen molar-refractivity contribution < 1.29 is 4.74 Å². The van der Waals surface area contributed by atoms with E-state index >= 15 is 0 Å². The molecule has 0 amide bonds. The quantitative estimate of drug-likeness (QED) is 0.651. The minimum atomic E-state index is 0.481. The molecule has 0 aromatic carbocycles. The fraction of sp³-hybridized carbons (Fsp3) is 1.00. The molecule has 1 aliphatic heterocycles. The van der Waals surface area contributed by atoms with E-state index in [1.165, 1.54) is 25.7 Å². The highest BCUT2D eigenvalue weighted by Gasteiger charge is 2.28. The second kappa shape index (κ2) is 4.99. The molecule has 0 radical (unpaired) electrons. The zero-order valence-corrected chi connectivity index (χ0v) is 9.55. The molecule has 1 saturated heterocycles. The molecule has 0 N–H and O–H groups in total. The molecule has 0 spiro atoms. The van der Waals surface area contributed by atoms with E-state index in [1.807, 2.05) is 0 Å². The Bertz CT molecular complexity index is 130. The molecule has 1 nitrogen and oxygen atoms in total. The van der Waals surface area contributed by atoms with E-state index in [0.717, 1.165) is 11.8 Å². The van der Waals surface area contributed by atoms with E-state index < -0.39 is 0 Å². The summed E-state index contributed by atoms with van der Waals surface area (Å²) in [4.78, 5) is 0. The van der Waals surface area contributed by atoms with Crippen molar-refractivity contribution in [3.8, 4) is 0 Å². The van der Waals surface area contributed by atoms with Crippen molar-refractivity contribution in [2.24, 2.45) is 11.8 Å². The van der Waals surface area contributed by atoms with Crippen LogP contribution in [-0.2, 0) is 4.74 Å². The van der Waals surface area contributed by atoms with Gasteiger partial charge in [-0.15, -0.1) is 0 Å². The largest absolute Gasteiger partial charge is 0.376 e. The summed E-state index contributed by atoms with van der Waals surface area (Å²) in [7, 11) is 0. The maximum absolute atomic E-state index is 5.76. The molecule has 1 fully saturated rings. The van der Waals surface area contributed by atoms with Gasteiger partial charge in [0.15, 0.2) is 0 Å². The molecule has 78 valence electrons. The number of hydrogen-bond donors (Lipinski definition) is 0. The minimum Gasteiger partial charge on any atom is -0.376 e. The number of rotatable bonds is 3. The van der Waals surface area contributed by atoms with Crippen molar-refractivity contribution in [3.63, 3.8) is 0 Å². The summed E-state index contributed by atoms with van der Waals surface area (Å²) < 4.78 is 5.76. The summed E-state index contributed by atoms with van der Waals surface area (Å²) in [5.74, 6) is 1.84. The fourth-order valence-corrected chi connectivity index (χ4v) is 2.80. The van der Waals surface area contributed by atoms with Gasteiger partial charge in [-0.05, 0) is 38.5 Å². The van der Waals surface area contributed by atoms with Gasteiger partial charge in [0.25, 0.3) is 0 Å². The predicted octanol–water partition coefficient (Wildman–Crippen LogP) is 3.63. The Kier molecular flexibility index (Phi) is 4.24. The molecular weight excluding hydrogens is 160 g/mol. The van der Waals surface area contributed by atoms with Crippen molar-refractivity contribution in [1.82, 2.24) is 0 Å². The Balaban J connectivity index is 2.48. The summed E-state index contributed by atoms with van der Waals surface area (Å²) in [6, 6.07) is 0. The molecule has 2 atom stereocenters. The first-order chi connectivity index (χ1) is 6.17. The van der Waals surface area contributed by atoms with Gasteiger partial charge in [0.1, 0.15) is 0 Å². The van der Waals surface area contributed by atoms with Crippen LogP contribution in [0.5, 0.6) is 0 Å². The van der Waals surface area contributed by atoms with Crippen molar-refractivity contribution in [1.29, 1.82) is 0 Å². The van der Waals surface area contributed by atoms with Crippen LogP contribution in [0.2, 0.25) is 0 Å². The first kappa shape index (κ1) is 11.0. The average Bonchev–Trinajstić information content (AvgIpc) is 2.04. The molecule has 0 aliphatic carbocycles. The lowest BCUT2D eigenvalue weighted by molar-refractivity contribution is -0.0641. The van der Waals surface area contributed by atoms with Gasteiger partial charge in [0, 0.05) is 0 Å². The molecule has 0 aromatic heterocycles. The molecule has 1 heterocycles. The van der Waals surface area contributed by atoms with Gasteiger partial charge in [-0.3, -0.25) is 0 Å². The highest BCUT2D eigenvalue weighted by atomic mass is 16.5. The molecule has 1 aliphatic rings. The molecule has 0 bridgehead atoms. The van der Waals surface area contributed by atoms with Gasteiger partial charge in [0.05, 0.1) is 12.2 Å². The van der Waals surface area contributed by atoms with Crippen LogP contribution in [0.25, 0.3) is 0 Å². The molecule has 13 heavy (non-hydrogen) atoms. The van der Waals surface area contributed by atoms with Crippen molar-refractivity contribution in [2.45, 2.75) is 65.6 Å². The zero-order valence-electron chi connectivity index (χ0n) is 9.55. The maximum atomic E-state index is 5.76. The third kappa shape index (κ3) is 2.98. The van der Waals surface area contributed by atoms with Crippen LogP contribution in [0, 0.1) is 11.8 Å². The van der Waals surface area contributed by atoms with Crippen LogP contribution >= 0.6 is 0 Å². The number of ether oxygens (including phenoxy) is 1. The summed E-state index contributed by atoms with van der Waals surface area (Å²) in [5, 5.41) is 0. The van der Waals surface area contributed by atoms with Gasteiger partial charge in [-0.1, -0.05) is 26.7 Å². The van der Waals surface area contributed by atoms with E-state index in [-0.39, 0.29) is 0 Å². The van der Waals surface area contributed by atoms with Crippen molar-refractivity contribution in [3.05, 3.63) is 0 Å². The van der Waals surface area contributed by atoms with E-state index in [1.54, 1.807) is 0 Å². The molecule has 1 heteroatoms. The van der Waals surface area contributed by atoms with Crippen LogP contribution in [0.3, 0.4) is 0 Å². The van der Waals surface area contributed by atoms with Gasteiger partial charge in [0.2, 0.25) is 0 Å². The Morgan fingerprint density at radius 2 is 1.54 bits per heavy atom. The highest BCUT2D eigenvalue weighted by Crippen LogP contribution is 2.33. The van der Waals surface area contributed by atoms with Crippen molar-refractivity contribution in [2.75, 3.05) is 0 Å². The Hall–Kier alpha value is -0.0400. The van der Waals surface area contributed by atoms with Crippen LogP contribution < -0.4 is 0 Å². The minimum absolute atomic E-state index is 0.481. The van der Waals surface area contributed by atoms with Crippen LogP contribution in [0.1, 0.15) is 53.4 Å². The summed E-state index contributed by atoms with van der Waals surface area (Å²) in [6.45, 7) is 9.06. The van der Waals surface area contributed by atoms with Gasteiger partial charge >= 0.3 is 0 Å². The van der Waals surface area contributed by atoms with Crippen molar-refractivity contribution >= 4 is 0 Å². The lowest BCUT2D eigenvalue weighted by atomic mass is 9.79. The smallest absolute Gasteiger partial charge is 0.0553 e. The first-order valence-corrected chi connectivity index (χ1v) is 5.82. The fourth-order valence-electron chi connectivity index (χ4n) is 2.80. The molecule has 2 unspecified atom stereocenters. The molecule has 0 aromatic rings. The second-order valence-electron chi connectivity index (χ2n) is 4.57. The Labute approximate surface area is 82.9 Å². The monoisotopic (exact) mass is 184 g/mol. The normalized spacial score (nSPS) is 35.3. The first-order valence-electron chi connectivity index (χ1n) is 5.82. The van der Waals surface area contributed by atoms with Crippen LogP contribution in [0.4, 0.5) is 0 Å². The summed E-state index contributed by atoms with van der Waals surface area (Å²) in [5.41, 5.74) is 0. The highest BCUT2D eigenvalue weighted by molar-refractivity contribution is 4.77. The maximum Gasteiger partial charge on any atom is 0.0553 e. The number of hydrogen-bond acceptors (Lipinski definition) is 1. The summed E-state index contributed by atoms with van der Waals surface area (Å²) in [6.07, 6.45) is 6.18. The van der Waals surface area contributed by atoms with E-state index in [9.17, 15) is 0 Å². The van der Waals surface area contributed by atoms with Crippen LogP contribution in [0.15, 0.2) is 0 Å². The molecule has 0 saturated carbocycles. The lowest BCUT2D eigenvalue weighted by Gasteiger charge is -2.36. The average molecular weight is 184 g/mol. The molecule has 1 rings (SSSR count). The Morgan fingerprint density at radius 3 is 1.92 bits per heavy atom. The van der Waals surface area contributed by atoms with Gasteiger partial charge in [-0.25, -0.2) is 0 Å². The topological polar surface area (TPSA) is 9.23 Å². The third-order valence-electron chi connectivity index (χ3n) is 3.45. The predicted molar refractivity (Wildman–Crippen MR) is 56.8 cm³/mol. The third-order valence-corrected chi connectivity index (χ3v) is 3.45. The van der Waals surface area contributed by atoms with E-state index in [2.05, 4.69) is 27.7 Å². The van der Waals surface area contributed by atoms with Crippen LogP contribution in [-0.4, -0.2) is 12.2 Å². The second-order valence-corrected chi connectivity index (χ2v) is 4.57. The van der Waals surface area contributed by atoms with E-state index in [4.69, 9.17) is 4.74 Å².